The normalized spacial score (nSPS) is 11.6. The molecular weight excluding hydrogens is 547 g/mol. The summed E-state index contributed by atoms with van der Waals surface area (Å²) in [6.07, 6.45) is -3.80. The Balaban J connectivity index is 0.000000544. The van der Waals surface area contributed by atoms with Gasteiger partial charge >= 0.3 is 6.18 Å². The van der Waals surface area contributed by atoms with Crippen molar-refractivity contribution in [3.63, 3.8) is 0 Å². The van der Waals surface area contributed by atoms with E-state index in [-0.39, 0.29) is 36.7 Å². The Hall–Kier alpha value is -3.00. The number of nitrogens with one attached hydrogen (secondary N) is 2. The van der Waals surface area contributed by atoms with Crippen LogP contribution in [0, 0.1) is 6.92 Å². The van der Waals surface area contributed by atoms with Crippen molar-refractivity contribution in [3.8, 4) is 5.75 Å². The number of benzene rings is 2. The SMILES string of the molecule is Cc1ccc(C(F)(F)F)cc1.[NH3+]CCN(CS)C(=O)CCC([NH3+])C(=O)NCC(=O)Nc1cc(Cl)ccc1O. The number of phenols is 1. The first-order chi connectivity index (χ1) is 17.8. The summed E-state index contributed by atoms with van der Waals surface area (Å²) in [6, 6.07) is 8.60. The van der Waals surface area contributed by atoms with Gasteiger partial charge in [-0.25, -0.2) is 0 Å². The molecule has 14 heteroatoms. The fourth-order valence-electron chi connectivity index (χ4n) is 2.91. The van der Waals surface area contributed by atoms with Gasteiger partial charge in [0, 0.05) is 17.9 Å². The molecule has 2 aromatic rings. The summed E-state index contributed by atoms with van der Waals surface area (Å²) < 4.78 is 35.8. The summed E-state index contributed by atoms with van der Waals surface area (Å²) in [5.41, 5.74) is 7.81. The zero-order valence-electron chi connectivity index (χ0n) is 20.9. The van der Waals surface area contributed by atoms with E-state index < -0.39 is 29.6 Å². The predicted octanol–water partition coefficient (Wildman–Crippen LogP) is 1.46. The number of rotatable bonds is 10. The Morgan fingerprint density at radius 1 is 1.16 bits per heavy atom. The number of thiol groups is 1. The number of carbonyl (C=O) groups excluding carboxylic acids is 3. The molecule has 3 amide bonds. The fraction of sp³-hybridized carbons (Fsp3) is 0.375. The minimum absolute atomic E-state index is 0.121. The van der Waals surface area contributed by atoms with Crippen LogP contribution in [0.3, 0.4) is 0 Å². The first-order valence-electron chi connectivity index (χ1n) is 11.5. The highest BCUT2D eigenvalue weighted by molar-refractivity contribution is 7.80. The summed E-state index contributed by atoms with van der Waals surface area (Å²) in [4.78, 5) is 37.5. The summed E-state index contributed by atoms with van der Waals surface area (Å²) in [5.74, 6) is -0.935. The van der Waals surface area contributed by atoms with Crippen molar-refractivity contribution in [1.82, 2.24) is 10.2 Å². The number of aryl methyl sites for hydroxylation is 1. The van der Waals surface area contributed by atoms with Gasteiger partial charge in [-0.2, -0.15) is 25.8 Å². The molecule has 210 valence electrons. The molecule has 2 rings (SSSR count). The molecule has 0 aromatic heterocycles. The highest BCUT2D eigenvalue weighted by Crippen LogP contribution is 2.29. The van der Waals surface area contributed by atoms with E-state index in [0.717, 1.165) is 17.7 Å². The number of halogens is 4. The van der Waals surface area contributed by atoms with Crippen LogP contribution in [0.5, 0.6) is 5.75 Å². The third-order valence-electron chi connectivity index (χ3n) is 5.06. The summed E-state index contributed by atoms with van der Waals surface area (Å²) in [5, 5.41) is 14.9. The quantitative estimate of drug-likeness (QED) is 0.143. The van der Waals surface area contributed by atoms with Crippen molar-refractivity contribution >= 4 is 47.6 Å². The van der Waals surface area contributed by atoms with Crippen LogP contribution in [-0.4, -0.2) is 59.3 Å². The molecule has 0 bridgehead atoms. The van der Waals surface area contributed by atoms with Gasteiger partial charge in [0.25, 0.3) is 5.91 Å². The van der Waals surface area contributed by atoms with Gasteiger partial charge in [0.15, 0.2) is 6.04 Å². The second-order valence-electron chi connectivity index (χ2n) is 8.18. The van der Waals surface area contributed by atoms with Crippen molar-refractivity contribution < 1.29 is 44.1 Å². The van der Waals surface area contributed by atoms with Gasteiger partial charge in [-0.1, -0.05) is 29.3 Å². The molecule has 2 aromatic carbocycles. The molecule has 0 heterocycles. The van der Waals surface area contributed by atoms with Crippen LogP contribution in [0.25, 0.3) is 0 Å². The van der Waals surface area contributed by atoms with E-state index >= 15 is 0 Å². The Labute approximate surface area is 229 Å². The van der Waals surface area contributed by atoms with Gasteiger partial charge in [0.1, 0.15) is 5.75 Å². The summed E-state index contributed by atoms with van der Waals surface area (Å²) >= 11 is 9.90. The van der Waals surface area contributed by atoms with Crippen molar-refractivity contribution in [3.05, 3.63) is 58.6 Å². The lowest BCUT2D eigenvalue weighted by atomic mass is 10.1. The standard InChI is InChI=1S/C16H24ClN5O4S.C8H7F3/c17-10-1-3-13(23)12(7-10)21-14(24)8-20-16(26)11(19)2-4-15(25)22(9-27)6-5-18;1-6-2-4-7(5-3-6)8(9,10)11/h1,3,7,11,23,27H,2,4-6,8-9,18-19H2,(H,20,26)(H,21,24);2-5H,1H3/p+2. The van der Waals surface area contributed by atoms with Gasteiger partial charge in [0.05, 0.1) is 36.8 Å². The zero-order chi connectivity index (χ0) is 28.9. The molecule has 0 aliphatic rings. The monoisotopic (exact) mass is 579 g/mol. The Kier molecular flexibility index (Phi) is 14.0. The van der Waals surface area contributed by atoms with Crippen LogP contribution in [0.1, 0.15) is 24.0 Å². The van der Waals surface area contributed by atoms with Gasteiger partial charge in [0.2, 0.25) is 11.8 Å². The Morgan fingerprint density at radius 2 is 1.79 bits per heavy atom. The van der Waals surface area contributed by atoms with Gasteiger partial charge < -0.3 is 32.1 Å². The first kappa shape index (κ1) is 33.0. The van der Waals surface area contributed by atoms with E-state index in [2.05, 4.69) is 34.7 Å². The maximum atomic E-state index is 12.0. The third-order valence-corrected chi connectivity index (χ3v) is 5.64. The van der Waals surface area contributed by atoms with Gasteiger partial charge in [-0.05, 0) is 37.3 Å². The summed E-state index contributed by atoms with van der Waals surface area (Å²) in [6.45, 7) is 2.54. The molecule has 9 nitrogen and oxygen atoms in total. The van der Waals surface area contributed by atoms with E-state index in [1.165, 1.54) is 30.3 Å². The van der Waals surface area contributed by atoms with E-state index in [0.29, 0.717) is 24.0 Å². The van der Waals surface area contributed by atoms with Gasteiger partial charge in [-0.3, -0.25) is 14.4 Å². The zero-order valence-corrected chi connectivity index (χ0v) is 22.5. The number of anilines is 1. The molecule has 38 heavy (non-hydrogen) atoms. The van der Waals surface area contributed by atoms with Crippen LogP contribution < -0.4 is 22.1 Å². The van der Waals surface area contributed by atoms with Crippen LogP contribution in [-0.2, 0) is 20.6 Å². The number of phenolic OH excluding ortho intramolecular Hbond substituents is 1. The third kappa shape index (κ3) is 12.0. The van der Waals surface area contributed by atoms with Crippen LogP contribution in [0.4, 0.5) is 18.9 Å². The molecule has 1 atom stereocenters. The average Bonchev–Trinajstić information content (AvgIpc) is 2.86. The number of hydrogen-bond donors (Lipinski definition) is 6. The lowest BCUT2D eigenvalue weighted by Crippen LogP contribution is -2.68. The molecule has 0 radical (unpaired) electrons. The molecule has 0 saturated carbocycles. The summed E-state index contributed by atoms with van der Waals surface area (Å²) in [7, 11) is 0. The number of hydrogen-bond acceptors (Lipinski definition) is 5. The second kappa shape index (κ2) is 16.1. The van der Waals surface area contributed by atoms with Crippen LogP contribution in [0.2, 0.25) is 5.02 Å². The number of nitrogens with zero attached hydrogens (tertiary/aromatic N) is 1. The molecule has 0 spiro atoms. The maximum absolute atomic E-state index is 12.0. The van der Waals surface area contributed by atoms with E-state index in [1.54, 1.807) is 11.8 Å². The van der Waals surface area contributed by atoms with E-state index in [9.17, 15) is 32.7 Å². The van der Waals surface area contributed by atoms with E-state index in [1.807, 2.05) is 0 Å². The number of carbonyl (C=O) groups is 3. The maximum Gasteiger partial charge on any atom is 0.416 e. The molecule has 0 fully saturated rings. The number of aromatic hydroxyl groups is 1. The predicted molar refractivity (Wildman–Crippen MR) is 140 cm³/mol. The van der Waals surface area contributed by atoms with Crippen molar-refractivity contribution in [2.75, 3.05) is 30.8 Å². The molecule has 0 saturated heterocycles. The molecular formula is C24H33ClF3N5O4S+2. The first-order valence-corrected chi connectivity index (χ1v) is 12.5. The molecule has 0 aliphatic carbocycles. The van der Waals surface area contributed by atoms with Crippen molar-refractivity contribution in [1.29, 1.82) is 0 Å². The number of amides is 3. The molecule has 1 unspecified atom stereocenters. The Bertz CT molecular complexity index is 1070. The fourth-order valence-corrected chi connectivity index (χ4v) is 3.38. The molecule has 0 aliphatic heterocycles. The lowest BCUT2D eigenvalue weighted by Gasteiger charge is -2.18. The Morgan fingerprint density at radius 3 is 2.34 bits per heavy atom. The number of quaternary nitrogens is 2. The largest absolute Gasteiger partial charge is 0.506 e. The lowest BCUT2D eigenvalue weighted by molar-refractivity contribution is -0.404. The smallest absolute Gasteiger partial charge is 0.416 e. The highest BCUT2D eigenvalue weighted by Gasteiger charge is 2.29. The molecule has 9 N–H and O–H groups in total. The van der Waals surface area contributed by atoms with Gasteiger partial charge in [-0.15, -0.1) is 0 Å². The minimum atomic E-state index is -4.21. The van der Waals surface area contributed by atoms with E-state index in [4.69, 9.17) is 11.6 Å². The average molecular weight is 580 g/mol. The van der Waals surface area contributed by atoms with Crippen LogP contribution >= 0.6 is 24.2 Å². The second-order valence-corrected chi connectivity index (χ2v) is 8.90. The van der Waals surface area contributed by atoms with Crippen molar-refractivity contribution in [2.24, 2.45) is 0 Å². The topological polar surface area (TPSA) is 154 Å². The highest BCUT2D eigenvalue weighted by atomic mass is 35.5. The van der Waals surface area contributed by atoms with Crippen molar-refractivity contribution in [2.45, 2.75) is 32.0 Å². The minimum Gasteiger partial charge on any atom is -0.506 e. The van der Waals surface area contributed by atoms with Crippen LogP contribution in [0.15, 0.2) is 42.5 Å². The number of alkyl halides is 3.